The highest BCUT2D eigenvalue weighted by molar-refractivity contribution is 5.71. The lowest BCUT2D eigenvalue weighted by molar-refractivity contribution is -0.167. The predicted molar refractivity (Wildman–Crippen MR) is 298 cm³/mol. The van der Waals surface area contributed by atoms with Gasteiger partial charge >= 0.3 is 17.9 Å². The third-order valence-corrected chi connectivity index (χ3v) is 13.0. The largest absolute Gasteiger partial charge is 0.462 e. The molecular weight excluding hydrogens is 853 g/mol. The van der Waals surface area contributed by atoms with Gasteiger partial charge in [0.25, 0.3) is 0 Å². The van der Waals surface area contributed by atoms with E-state index in [-0.39, 0.29) is 31.1 Å². The van der Waals surface area contributed by atoms with Crippen molar-refractivity contribution in [2.24, 2.45) is 0 Å². The molecule has 69 heavy (non-hydrogen) atoms. The average Bonchev–Trinajstić information content (AvgIpc) is 3.35. The standard InChI is InChI=1S/C63H112O6/c1-4-7-10-13-16-19-22-24-25-26-27-28-29-30-31-32-33-34-35-36-37-39-41-44-47-50-53-56-62(65)68-59-60(58-67-61(64)55-52-49-46-43-40-21-18-15-12-9-6-3)69-63(66)57-54-51-48-45-42-38-23-20-17-14-11-8-5-2/h8,11,17,20,22,24,26-27,38,42,60H,4-7,9-10,12-16,18-19,21,23,25,28-37,39-41,43-59H2,1-3H3/b11-8-,20-17-,24-22-,27-26-,42-38-. The zero-order valence-corrected chi connectivity index (χ0v) is 45.8. The molecule has 6 heteroatoms. The lowest BCUT2D eigenvalue weighted by Gasteiger charge is -2.18. The molecule has 0 aromatic carbocycles. The van der Waals surface area contributed by atoms with Gasteiger partial charge in [-0.3, -0.25) is 14.4 Å². The Morgan fingerprint density at radius 1 is 0.304 bits per heavy atom. The minimum absolute atomic E-state index is 0.0830. The van der Waals surface area contributed by atoms with E-state index in [0.29, 0.717) is 19.3 Å². The van der Waals surface area contributed by atoms with Gasteiger partial charge in [0.05, 0.1) is 0 Å². The fourth-order valence-corrected chi connectivity index (χ4v) is 8.55. The van der Waals surface area contributed by atoms with E-state index in [9.17, 15) is 14.4 Å². The van der Waals surface area contributed by atoms with Crippen LogP contribution in [0.2, 0.25) is 0 Å². The van der Waals surface area contributed by atoms with Crippen molar-refractivity contribution in [3.63, 3.8) is 0 Å². The van der Waals surface area contributed by atoms with E-state index in [0.717, 1.165) is 89.9 Å². The summed E-state index contributed by atoms with van der Waals surface area (Å²) >= 11 is 0. The second kappa shape index (κ2) is 57.7. The molecule has 1 atom stereocenters. The van der Waals surface area contributed by atoms with Crippen LogP contribution in [0.1, 0.15) is 303 Å². The molecule has 0 bridgehead atoms. The van der Waals surface area contributed by atoms with E-state index in [1.807, 2.05) is 0 Å². The Morgan fingerprint density at radius 3 is 0.899 bits per heavy atom. The summed E-state index contributed by atoms with van der Waals surface area (Å²) in [6.45, 7) is 6.51. The molecule has 0 spiro atoms. The van der Waals surface area contributed by atoms with Crippen LogP contribution in [0.3, 0.4) is 0 Å². The predicted octanol–water partition coefficient (Wildman–Crippen LogP) is 20.0. The number of carbonyl (C=O) groups excluding carboxylic acids is 3. The first-order chi connectivity index (χ1) is 34.0. The Hall–Kier alpha value is -2.89. The summed E-state index contributed by atoms with van der Waals surface area (Å²) < 4.78 is 16.8. The Labute approximate surface area is 428 Å². The number of hydrogen-bond donors (Lipinski definition) is 0. The fourth-order valence-electron chi connectivity index (χ4n) is 8.55. The fraction of sp³-hybridized carbons (Fsp3) is 0.794. The molecule has 0 N–H and O–H groups in total. The maximum absolute atomic E-state index is 12.8. The van der Waals surface area contributed by atoms with Crippen LogP contribution in [-0.2, 0) is 28.6 Å². The zero-order valence-electron chi connectivity index (χ0n) is 45.8. The van der Waals surface area contributed by atoms with E-state index in [1.54, 1.807) is 0 Å². The number of unbranched alkanes of at least 4 members (excludes halogenated alkanes) is 33. The number of esters is 3. The summed E-state index contributed by atoms with van der Waals surface area (Å²) in [5.41, 5.74) is 0. The molecule has 0 aromatic heterocycles. The van der Waals surface area contributed by atoms with Gasteiger partial charge in [0.15, 0.2) is 6.10 Å². The van der Waals surface area contributed by atoms with E-state index in [4.69, 9.17) is 14.2 Å². The molecule has 0 heterocycles. The van der Waals surface area contributed by atoms with Crippen molar-refractivity contribution in [3.8, 4) is 0 Å². The third-order valence-electron chi connectivity index (χ3n) is 13.0. The molecule has 1 unspecified atom stereocenters. The van der Waals surface area contributed by atoms with Crippen molar-refractivity contribution in [2.75, 3.05) is 13.2 Å². The summed E-state index contributed by atoms with van der Waals surface area (Å²) in [6.07, 6.45) is 72.4. The first kappa shape index (κ1) is 66.1. The first-order valence-corrected chi connectivity index (χ1v) is 29.8. The van der Waals surface area contributed by atoms with E-state index < -0.39 is 6.10 Å². The number of hydrogen-bond acceptors (Lipinski definition) is 6. The molecule has 0 radical (unpaired) electrons. The SMILES string of the molecule is CC/C=C\C/C=C\C/C=C\CCCCCC(=O)OC(COC(=O)CCCCCCCCCCCCC)COC(=O)CCCCCCCCCCCCCCCCC/C=C\C/C=C\CCCCCCC. The molecule has 0 aliphatic heterocycles. The summed E-state index contributed by atoms with van der Waals surface area (Å²) in [7, 11) is 0. The second-order valence-corrected chi connectivity index (χ2v) is 19.9. The highest BCUT2D eigenvalue weighted by atomic mass is 16.6. The van der Waals surface area contributed by atoms with Gasteiger partial charge in [-0.15, -0.1) is 0 Å². The minimum atomic E-state index is -0.786. The highest BCUT2D eigenvalue weighted by Crippen LogP contribution is 2.16. The molecule has 0 aromatic rings. The quantitative estimate of drug-likeness (QED) is 0.0262. The van der Waals surface area contributed by atoms with Crippen molar-refractivity contribution >= 4 is 17.9 Å². The first-order valence-electron chi connectivity index (χ1n) is 29.8. The zero-order chi connectivity index (χ0) is 50.0. The molecule has 0 rings (SSSR count). The Kier molecular flexibility index (Phi) is 55.3. The topological polar surface area (TPSA) is 78.9 Å². The van der Waals surface area contributed by atoms with E-state index in [2.05, 4.69) is 81.5 Å². The van der Waals surface area contributed by atoms with Gasteiger partial charge in [-0.25, -0.2) is 0 Å². The average molecular weight is 966 g/mol. The maximum Gasteiger partial charge on any atom is 0.306 e. The molecule has 0 fully saturated rings. The van der Waals surface area contributed by atoms with Gasteiger partial charge in [-0.1, -0.05) is 261 Å². The van der Waals surface area contributed by atoms with E-state index in [1.165, 1.54) is 173 Å². The van der Waals surface area contributed by atoms with Gasteiger partial charge in [-0.2, -0.15) is 0 Å². The lowest BCUT2D eigenvalue weighted by Crippen LogP contribution is -2.30. The molecule has 400 valence electrons. The molecule has 6 nitrogen and oxygen atoms in total. The normalized spacial score (nSPS) is 12.4. The van der Waals surface area contributed by atoms with Crippen molar-refractivity contribution in [1.29, 1.82) is 0 Å². The monoisotopic (exact) mass is 965 g/mol. The Balaban J connectivity index is 4.18. The minimum Gasteiger partial charge on any atom is -0.462 e. The van der Waals surface area contributed by atoms with Gasteiger partial charge in [0, 0.05) is 19.3 Å². The van der Waals surface area contributed by atoms with Crippen molar-refractivity contribution < 1.29 is 28.6 Å². The number of allylic oxidation sites excluding steroid dienone is 10. The Morgan fingerprint density at radius 2 is 0.565 bits per heavy atom. The van der Waals surface area contributed by atoms with Gasteiger partial charge in [0.1, 0.15) is 13.2 Å². The number of carbonyl (C=O) groups is 3. The summed E-state index contributed by atoms with van der Waals surface area (Å²) in [4.78, 5) is 38.1. The number of rotatable bonds is 54. The van der Waals surface area contributed by atoms with Crippen LogP contribution in [0.5, 0.6) is 0 Å². The highest BCUT2D eigenvalue weighted by Gasteiger charge is 2.19. The maximum atomic E-state index is 12.8. The van der Waals surface area contributed by atoms with Gasteiger partial charge < -0.3 is 14.2 Å². The number of ether oxygens (including phenoxy) is 3. The van der Waals surface area contributed by atoms with Crippen molar-refractivity contribution in [2.45, 2.75) is 309 Å². The lowest BCUT2D eigenvalue weighted by atomic mass is 10.0. The summed E-state index contributed by atoms with van der Waals surface area (Å²) in [5.74, 6) is -0.902. The smallest absolute Gasteiger partial charge is 0.306 e. The van der Waals surface area contributed by atoms with Crippen LogP contribution in [-0.4, -0.2) is 37.2 Å². The van der Waals surface area contributed by atoms with Crippen LogP contribution in [0.4, 0.5) is 0 Å². The van der Waals surface area contributed by atoms with Crippen LogP contribution in [0.25, 0.3) is 0 Å². The van der Waals surface area contributed by atoms with Crippen LogP contribution >= 0.6 is 0 Å². The van der Waals surface area contributed by atoms with Crippen molar-refractivity contribution in [3.05, 3.63) is 60.8 Å². The molecule has 0 saturated carbocycles. The van der Waals surface area contributed by atoms with Crippen molar-refractivity contribution in [1.82, 2.24) is 0 Å². The molecule has 0 aliphatic carbocycles. The van der Waals surface area contributed by atoms with Crippen LogP contribution in [0, 0.1) is 0 Å². The molecule has 0 amide bonds. The third kappa shape index (κ3) is 55.9. The van der Waals surface area contributed by atoms with E-state index >= 15 is 0 Å². The second-order valence-electron chi connectivity index (χ2n) is 19.9. The molecule has 0 aliphatic rings. The summed E-state index contributed by atoms with van der Waals surface area (Å²) in [5, 5.41) is 0. The summed E-state index contributed by atoms with van der Waals surface area (Å²) in [6, 6.07) is 0. The van der Waals surface area contributed by atoms with Gasteiger partial charge in [-0.05, 0) is 83.5 Å². The van der Waals surface area contributed by atoms with Crippen LogP contribution < -0.4 is 0 Å². The molecular formula is C63H112O6. The van der Waals surface area contributed by atoms with Crippen LogP contribution in [0.15, 0.2) is 60.8 Å². The Bertz CT molecular complexity index is 1250. The van der Waals surface area contributed by atoms with Gasteiger partial charge in [0.2, 0.25) is 0 Å². The molecule has 0 saturated heterocycles.